The van der Waals surface area contributed by atoms with Gasteiger partial charge in [-0.15, -0.1) is 0 Å². The lowest BCUT2D eigenvalue weighted by Crippen LogP contribution is -2.21. The molecule has 2 N–H and O–H groups in total. The summed E-state index contributed by atoms with van der Waals surface area (Å²) in [5.41, 5.74) is 2.47. The predicted molar refractivity (Wildman–Crippen MR) is 93.7 cm³/mol. The van der Waals surface area contributed by atoms with E-state index in [1.165, 1.54) is 10.0 Å². The summed E-state index contributed by atoms with van der Waals surface area (Å²) in [7, 11) is 2.14. The lowest BCUT2D eigenvalue weighted by atomic mass is 10.2. The van der Waals surface area contributed by atoms with Gasteiger partial charge in [0.1, 0.15) is 0 Å². The third-order valence-electron chi connectivity index (χ3n) is 3.06. The number of rotatable bonds is 5. The minimum atomic E-state index is -1.82. The van der Waals surface area contributed by atoms with Gasteiger partial charge in [-0.2, -0.15) is 0 Å². The molecule has 0 unspecified atom stereocenters. The van der Waals surface area contributed by atoms with Crippen molar-refractivity contribution in [3.8, 4) is 0 Å². The normalized spacial score (nSPS) is 9.96. The van der Waals surface area contributed by atoms with Crippen molar-refractivity contribution in [1.29, 1.82) is 0 Å². The van der Waals surface area contributed by atoms with Crippen LogP contribution in [0.15, 0.2) is 53.1 Å². The summed E-state index contributed by atoms with van der Waals surface area (Å²) in [6.07, 6.45) is 2.84. The Balaban J connectivity index is 0.000000413. The Morgan fingerprint density at radius 3 is 2.25 bits per heavy atom. The van der Waals surface area contributed by atoms with Gasteiger partial charge < -0.3 is 15.1 Å². The van der Waals surface area contributed by atoms with E-state index in [1.54, 1.807) is 0 Å². The van der Waals surface area contributed by atoms with Crippen molar-refractivity contribution >= 4 is 27.9 Å². The number of pyridine rings is 1. The van der Waals surface area contributed by atoms with Crippen molar-refractivity contribution in [3.05, 3.63) is 64.4 Å². The predicted octanol–water partition coefficient (Wildman–Crippen LogP) is 2.67. The van der Waals surface area contributed by atoms with Gasteiger partial charge in [0, 0.05) is 35.9 Å². The summed E-state index contributed by atoms with van der Waals surface area (Å²) < 4.78 is 1.18. The molecule has 6 nitrogen and oxygen atoms in total. The Morgan fingerprint density at radius 2 is 1.71 bits per heavy atom. The molecule has 0 saturated carbocycles. The largest absolute Gasteiger partial charge is 0.473 e. The Kier molecular flexibility index (Phi) is 8.67. The monoisotopic (exact) mass is 394 g/mol. The van der Waals surface area contributed by atoms with Crippen LogP contribution in [0.1, 0.15) is 11.3 Å². The lowest BCUT2D eigenvalue weighted by molar-refractivity contribution is -0.159. The van der Waals surface area contributed by atoms with Crippen molar-refractivity contribution in [3.63, 3.8) is 0 Å². The summed E-state index contributed by atoms with van der Waals surface area (Å²) in [4.78, 5) is 24.9. The molecule has 0 bridgehead atoms. The van der Waals surface area contributed by atoms with Gasteiger partial charge in [0.2, 0.25) is 0 Å². The van der Waals surface area contributed by atoms with Crippen LogP contribution in [0.3, 0.4) is 0 Å². The zero-order valence-electron chi connectivity index (χ0n) is 13.2. The van der Waals surface area contributed by atoms with Crippen LogP contribution in [0.2, 0.25) is 0 Å². The molecular formula is C17H19BrN2O4. The summed E-state index contributed by atoms with van der Waals surface area (Å²) >= 11 is 3.58. The first-order valence-corrected chi connectivity index (χ1v) is 7.97. The van der Waals surface area contributed by atoms with Crippen LogP contribution in [-0.2, 0) is 22.6 Å². The molecule has 1 heterocycles. The molecule has 2 rings (SSSR count). The smallest absolute Gasteiger partial charge is 0.414 e. The van der Waals surface area contributed by atoms with Gasteiger partial charge in [-0.05, 0) is 30.8 Å². The van der Waals surface area contributed by atoms with Gasteiger partial charge in [-0.25, -0.2) is 9.59 Å². The van der Waals surface area contributed by atoms with Gasteiger partial charge in [0.25, 0.3) is 0 Å². The minimum Gasteiger partial charge on any atom is -0.473 e. The topological polar surface area (TPSA) is 90.7 Å². The second-order valence-corrected chi connectivity index (χ2v) is 5.86. The molecule has 0 radical (unpaired) electrons. The minimum absolute atomic E-state index is 0.953. The second-order valence-electron chi connectivity index (χ2n) is 5.01. The maximum atomic E-state index is 9.10. The van der Waals surface area contributed by atoms with Crippen molar-refractivity contribution in [2.45, 2.75) is 13.0 Å². The number of aliphatic carboxylic acids is 2. The van der Waals surface area contributed by atoms with E-state index in [1.807, 2.05) is 24.4 Å². The summed E-state index contributed by atoms with van der Waals surface area (Å²) in [6.45, 7) is 1.96. The van der Waals surface area contributed by atoms with E-state index >= 15 is 0 Å². The van der Waals surface area contributed by atoms with Gasteiger partial charge >= 0.3 is 11.9 Å². The van der Waals surface area contributed by atoms with Crippen LogP contribution in [0.25, 0.3) is 0 Å². The van der Waals surface area contributed by atoms with Crippen molar-refractivity contribution in [1.82, 2.24) is 9.88 Å². The zero-order valence-corrected chi connectivity index (χ0v) is 14.8. The van der Waals surface area contributed by atoms with E-state index in [0.717, 1.165) is 25.2 Å². The number of likely N-dealkylation sites (N-methyl/N-ethyl adjacent to an activating group) is 1. The Bertz CT molecular complexity index is 653. The first-order valence-electron chi connectivity index (χ1n) is 7.18. The standard InChI is InChI=1S/C15H17BrN2.C2H2O4/c1-18(11-9-14-7-4-5-10-17-14)12-13-6-2-3-8-15(13)16;3-1(4)2(5)6/h2-8,10H,9,11-12H2,1H3;(H,3,4)(H,5,6). The highest BCUT2D eigenvalue weighted by Crippen LogP contribution is 2.17. The number of carboxylic acid groups (broad SMARTS) is 2. The molecule has 128 valence electrons. The van der Waals surface area contributed by atoms with Crippen molar-refractivity contribution < 1.29 is 19.8 Å². The highest BCUT2D eigenvalue weighted by atomic mass is 79.9. The third kappa shape index (κ3) is 7.85. The number of nitrogens with zero attached hydrogens (tertiary/aromatic N) is 2. The average molecular weight is 395 g/mol. The molecule has 0 aliphatic carbocycles. The molecule has 2 aromatic rings. The van der Waals surface area contributed by atoms with Crippen LogP contribution in [0.4, 0.5) is 0 Å². The maximum Gasteiger partial charge on any atom is 0.414 e. The molecule has 0 amide bonds. The summed E-state index contributed by atoms with van der Waals surface area (Å²) in [5.74, 6) is -3.65. The highest BCUT2D eigenvalue weighted by Gasteiger charge is 2.04. The Morgan fingerprint density at radius 1 is 1.08 bits per heavy atom. The van der Waals surface area contributed by atoms with E-state index in [0.29, 0.717) is 0 Å². The van der Waals surface area contributed by atoms with Gasteiger partial charge in [-0.1, -0.05) is 40.2 Å². The van der Waals surface area contributed by atoms with E-state index in [2.05, 4.69) is 57.1 Å². The number of halogens is 1. The molecular weight excluding hydrogens is 376 g/mol. The number of aromatic nitrogens is 1. The van der Waals surface area contributed by atoms with E-state index in [4.69, 9.17) is 19.8 Å². The number of benzene rings is 1. The quantitative estimate of drug-likeness (QED) is 0.757. The number of hydrogen-bond acceptors (Lipinski definition) is 4. The number of hydrogen-bond donors (Lipinski definition) is 2. The van der Waals surface area contributed by atoms with Crippen molar-refractivity contribution in [2.24, 2.45) is 0 Å². The molecule has 0 aliphatic heterocycles. The molecule has 0 aliphatic rings. The molecule has 0 spiro atoms. The van der Waals surface area contributed by atoms with Crippen LogP contribution in [0, 0.1) is 0 Å². The van der Waals surface area contributed by atoms with Gasteiger partial charge in [0.15, 0.2) is 0 Å². The maximum absolute atomic E-state index is 9.10. The molecule has 0 atom stereocenters. The van der Waals surface area contributed by atoms with Crippen LogP contribution in [-0.4, -0.2) is 45.6 Å². The molecule has 24 heavy (non-hydrogen) atoms. The number of carbonyl (C=O) groups is 2. The molecule has 7 heteroatoms. The fraction of sp³-hybridized carbons (Fsp3) is 0.235. The zero-order chi connectivity index (χ0) is 17.9. The van der Waals surface area contributed by atoms with Crippen LogP contribution in [0.5, 0.6) is 0 Å². The first-order chi connectivity index (χ1) is 11.4. The summed E-state index contributed by atoms with van der Waals surface area (Å²) in [5, 5.41) is 14.8. The lowest BCUT2D eigenvalue weighted by Gasteiger charge is -2.17. The molecule has 0 fully saturated rings. The first kappa shape index (κ1) is 19.8. The van der Waals surface area contributed by atoms with Crippen LogP contribution < -0.4 is 0 Å². The molecule has 0 saturated heterocycles. The highest BCUT2D eigenvalue weighted by molar-refractivity contribution is 9.10. The number of carboxylic acids is 2. The van der Waals surface area contributed by atoms with E-state index < -0.39 is 11.9 Å². The van der Waals surface area contributed by atoms with Crippen LogP contribution >= 0.6 is 15.9 Å². The van der Waals surface area contributed by atoms with Crippen molar-refractivity contribution in [2.75, 3.05) is 13.6 Å². The molecule has 1 aromatic heterocycles. The fourth-order valence-corrected chi connectivity index (χ4v) is 2.26. The second kappa shape index (κ2) is 10.5. The molecule has 1 aromatic carbocycles. The van der Waals surface area contributed by atoms with Gasteiger partial charge in [0.05, 0.1) is 0 Å². The Labute approximate surface area is 148 Å². The van der Waals surface area contributed by atoms with E-state index in [9.17, 15) is 0 Å². The average Bonchev–Trinajstić information content (AvgIpc) is 2.56. The summed E-state index contributed by atoms with van der Waals surface area (Å²) in [6, 6.07) is 14.4. The third-order valence-corrected chi connectivity index (χ3v) is 3.83. The van der Waals surface area contributed by atoms with E-state index in [-0.39, 0.29) is 0 Å². The Hall–Kier alpha value is -2.25. The van der Waals surface area contributed by atoms with Gasteiger partial charge in [-0.3, -0.25) is 4.98 Å². The fourth-order valence-electron chi connectivity index (χ4n) is 1.85. The SMILES string of the molecule is CN(CCc1ccccn1)Cc1ccccc1Br.O=C(O)C(=O)O.